The van der Waals surface area contributed by atoms with Crippen molar-refractivity contribution in [2.45, 2.75) is 20.3 Å². The van der Waals surface area contributed by atoms with E-state index >= 15 is 0 Å². The van der Waals surface area contributed by atoms with Gasteiger partial charge in [-0.2, -0.15) is 0 Å². The summed E-state index contributed by atoms with van der Waals surface area (Å²) < 4.78 is 0. The molecule has 4 aromatic rings. The van der Waals surface area contributed by atoms with Gasteiger partial charge in [0.25, 0.3) is 0 Å². The molecule has 0 unspecified atom stereocenters. The molecule has 0 spiro atoms. The fourth-order valence-corrected chi connectivity index (χ4v) is 3.16. The summed E-state index contributed by atoms with van der Waals surface area (Å²) in [6.45, 7) is 4.26. The van der Waals surface area contributed by atoms with E-state index < -0.39 is 0 Å². The van der Waals surface area contributed by atoms with Crippen LogP contribution in [0.15, 0.2) is 109 Å². The molecule has 0 amide bonds. The van der Waals surface area contributed by atoms with Gasteiger partial charge in [0.05, 0.1) is 0 Å². The van der Waals surface area contributed by atoms with Crippen molar-refractivity contribution in [1.29, 1.82) is 0 Å². The van der Waals surface area contributed by atoms with Gasteiger partial charge < -0.3 is 0 Å². The van der Waals surface area contributed by atoms with E-state index in [4.69, 9.17) is 0 Å². The third-order valence-corrected chi connectivity index (χ3v) is 4.63. The van der Waals surface area contributed by atoms with Gasteiger partial charge >= 0.3 is 0 Å². The second-order valence-electron chi connectivity index (χ2n) is 6.79. The molecule has 0 fully saturated rings. The maximum atomic E-state index is 2.23. The highest BCUT2D eigenvalue weighted by Gasteiger charge is 2.07. The lowest BCUT2D eigenvalue weighted by molar-refractivity contribution is 1.19. The highest BCUT2D eigenvalue weighted by Crippen LogP contribution is 2.28. The fraction of sp³-hybridized carbons (Fsp3) is 0.111. The van der Waals surface area contributed by atoms with Crippen molar-refractivity contribution >= 4 is 0 Å². The molecule has 134 valence electrons. The van der Waals surface area contributed by atoms with E-state index in [-0.39, 0.29) is 0 Å². The Labute approximate surface area is 163 Å². The van der Waals surface area contributed by atoms with Crippen LogP contribution in [-0.2, 0) is 6.42 Å². The van der Waals surface area contributed by atoms with Gasteiger partial charge in [-0.25, -0.2) is 0 Å². The Balaban J connectivity index is 0.000000253. The van der Waals surface area contributed by atoms with Crippen LogP contribution in [0.4, 0.5) is 0 Å². The van der Waals surface area contributed by atoms with Crippen molar-refractivity contribution in [3.8, 4) is 11.1 Å². The van der Waals surface area contributed by atoms with Gasteiger partial charge in [-0.3, -0.25) is 0 Å². The molecule has 0 saturated carbocycles. The molecule has 4 aromatic carbocycles. The van der Waals surface area contributed by atoms with Crippen molar-refractivity contribution in [3.05, 3.63) is 131 Å². The topological polar surface area (TPSA) is 0 Å². The van der Waals surface area contributed by atoms with E-state index in [2.05, 4.69) is 105 Å². The molecule has 0 heterocycles. The summed E-state index contributed by atoms with van der Waals surface area (Å²) in [6, 6.07) is 38.2. The average molecular weight is 351 g/mol. The molecule has 4 rings (SSSR count). The van der Waals surface area contributed by atoms with Gasteiger partial charge in [0, 0.05) is 0 Å². The Morgan fingerprint density at radius 3 is 1.59 bits per heavy atom. The Morgan fingerprint density at radius 1 is 0.481 bits per heavy atom. The maximum absolute atomic E-state index is 2.23. The van der Waals surface area contributed by atoms with E-state index in [0.29, 0.717) is 0 Å². The Kier molecular flexibility index (Phi) is 6.60. The predicted octanol–water partition coefficient (Wildman–Crippen LogP) is 7.25. The summed E-state index contributed by atoms with van der Waals surface area (Å²) in [4.78, 5) is 0. The summed E-state index contributed by atoms with van der Waals surface area (Å²) in [5.41, 5.74) is 8.06. The molecule has 0 aromatic heterocycles. The first-order chi connectivity index (χ1) is 13.2. The molecule has 0 saturated heterocycles. The molecule has 0 heteroatoms. The van der Waals surface area contributed by atoms with Gasteiger partial charge in [0.1, 0.15) is 0 Å². The van der Waals surface area contributed by atoms with Gasteiger partial charge in [0.15, 0.2) is 0 Å². The molecule has 0 aliphatic heterocycles. The molecular formula is C27H26. The summed E-state index contributed by atoms with van der Waals surface area (Å²) in [6.07, 6.45) is 0.978. The lowest BCUT2D eigenvalue weighted by Gasteiger charge is -2.12. The van der Waals surface area contributed by atoms with Crippen LogP contribution in [0.5, 0.6) is 0 Å². The van der Waals surface area contributed by atoms with E-state index in [0.717, 1.165) is 6.42 Å². The first kappa shape index (κ1) is 18.7. The average Bonchev–Trinajstić information content (AvgIpc) is 2.71. The zero-order chi connectivity index (χ0) is 18.9. The minimum atomic E-state index is 0.978. The zero-order valence-electron chi connectivity index (χ0n) is 16.1. The monoisotopic (exact) mass is 350 g/mol. The normalized spacial score (nSPS) is 10.0. The van der Waals surface area contributed by atoms with Crippen molar-refractivity contribution in [3.63, 3.8) is 0 Å². The number of aryl methyl sites for hydroxylation is 2. The van der Waals surface area contributed by atoms with Crippen LogP contribution in [-0.4, -0.2) is 0 Å². The Morgan fingerprint density at radius 2 is 1.00 bits per heavy atom. The summed E-state index contributed by atoms with van der Waals surface area (Å²) in [7, 11) is 0. The smallest absolute Gasteiger partial charge is 0.00196 e. The van der Waals surface area contributed by atoms with Crippen molar-refractivity contribution < 1.29 is 0 Å². The van der Waals surface area contributed by atoms with Crippen LogP contribution in [0.2, 0.25) is 0 Å². The molecular weight excluding hydrogens is 324 g/mol. The van der Waals surface area contributed by atoms with Crippen molar-refractivity contribution in [2.75, 3.05) is 0 Å². The zero-order valence-corrected chi connectivity index (χ0v) is 16.1. The standard InChI is InChI=1S/C20H18.C7H8/c1-16-9-5-7-13-19(16)20-14-8-6-12-18(20)15-17-10-3-2-4-11-17;1-7-5-3-2-4-6-7/h2-14H,15H2,1H3;2-6H,1H3. The summed E-state index contributed by atoms with van der Waals surface area (Å²) in [5, 5.41) is 0. The minimum Gasteiger partial charge on any atom is -0.0622 e. The maximum Gasteiger partial charge on any atom is -0.00196 e. The third-order valence-electron chi connectivity index (χ3n) is 4.63. The second-order valence-corrected chi connectivity index (χ2v) is 6.79. The lowest BCUT2D eigenvalue weighted by atomic mass is 9.93. The molecule has 0 aliphatic rings. The Bertz CT molecular complexity index is 953. The van der Waals surface area contributed by atoms with Gasteiger partial charge in [-0.15, -0.1) is 0 Å². The molecule has 0 aliphatic carbocycles. The molecule has 0 radical (unpaired) electrons. The van der Waals surface area contributed by atoms with E-state index in [1.165, 1.54) is 33.4 Å². The molecule has 0 bridgehead atoms. The van der Waals surface area contributed by atoms with Crippen LogP contribution in [0.3, 0.4) is 0 Å². The molecule has 0 atom stereocenters. The third kappa shape index (κ3) is 5.43. The van der Waals surface area contributed by atoms with Crippen LogP contribution in [0, 0.1) is 13.8 Å². The van der Waals surface area contributed by atoms with Crippen LogP contribution in [0.1, 0.15) is 22.3 Å². The largest absolute Gasteiger partial charge is 0.0622 e. The highest BCUT2D eigenvalue weighted by molar-refractivity contribution is 5.70. The summed E-state index contributed by atoms with van der Waals surface area (Å²) in [5.74, 6) is 0. The number of hydrogen-bond donors (Lipinski definition) is 0. The fourth-order valence-electron chi connectivity index (χ4n) is 3.16. The highest BCUT2D eigenvalue weighted by atomic mass is 14.1. The lowest BCUT2D eigenvalue weighted by Crippen LogP contribution is -1.93. The molecule has 27 heavy (non-hydrogen) atoms. The number of hydrogen-bond acceptors (Lipinski definition) is 0. The first-order valence-corrected chi connectivity index (χ1v) is 9.43. The quantitative estimate of drug-likeness (QED) is 0.365. The van der Waals surface area contributed by atoms with E-state index in [1.54, 1.807) is 0 Å². The van der Waals surface area contributed by atoms with Crippen LogP contribution in [0.25, 0.3) is 11.1 Å². The van der Waals surface area contributed by atoms with Crippen LogP contribution >= 0.6 is 0 Å². The summed E-state index contributed by atoms with van der Waals surface area (Å²) >= 11 is 0. The van der Waals surface area contributed by atoms with Gasteiger partial charge in [-0.1, -0.05) is 115 Å². The minimum absolute atomic E-state index is 0.978. The van der Waals surface area contributed by atoms with Crippen molar-refractivity contribution in [1.82, 2.24) is 0 Å². The Hall–Kier alpha value is -3.12. The van der Waals surface area contributed by atoms with E-state index in [1.807, 2.05) is 18.2 Å². The SMILES string of the molecule is Cc1ccccc1.Cc1ccccc1-c1ccccc1Cc1ccccc1. The number of benzene rings is 4. The van der Waals surface area contributed by atoms with E-state index in [9.17, 15) is 0 Å². The van der Waals surface area contributed by atoms with Crippen LogP contribution < -0.4 is 0 Å². The predicted molar refractivity (Wildman–Crippen MR) is 117 cm³/mol. The van der Waals surface area contributed by atoms with Gasteiger partial charge in [-0.05, 0) is 48.1 Å². The van der Waals surface area contributed by atoms with Gasteiger partial charge in [0.2, 0.25) is 0 Å². The molecule has 0 nitrogen and oxygen atoms in total. The second kappa shape index (κ2) is 9.54. The molecule has 0 N–H and O–H groups in total. The number of rotatable bonds is 3. The first-order valence-electron chi connectivity index (χ1n) is 9.43. The van der Waals surface area contributed by atoms with Crippen molar-refractivity contribution in [2.24, 2.45) is 0 Å².